The Labute approximate surface area is 276 Å². The van der Waals surface area contributed by atoms with Crippen LogP contribution >= 0.6 is 11.8 Å². The molecule has 2 saturated heterocycles. The minimum absolute atomic E-state index is 0.0339. The van der Waals surface area contributed by atoms with Crippen LogP contribution in [-0.4, -0.2) is 85.6 Å². The Balaban J connectivity index is 0.000000791. The third-order valence-electron chi connectivity index (χ3n) is 6.92. The topological polar surface area (TPSA) is 130 Å². The zero-order valence-corrected chi connectivity index (χ0v) is 29.2. The first-order valence-electron chi connectivity index (χ1n) is 15.6. The van der Waals surface area contributed by atoms with Gasteiger partial charge in [-0.3, -0.25) is 14.4 Å². The number of amides is 3. The Morgan fingerprint density at radius 1 is 1.11 bits per heavy atom. The van der Waals surface area contributed by atoms with Crippen LogP contribution in [0.25, 0.3) is 0 Å². The van der Waals surface area contributed by atoms with Crippen LogP contribution in [0.2, 0.25) is 0 Å². The van der Waals surface area contributed by atoms with E-state index >= 15 is 0 Å². The molecule has 0 aromatic heterocycles. The monoisotopic (exact) mass is 641 g/mol. The van der Waals surface area contributed by atoms with Gasteiger partial charge in [-0.1, -0.05) is 34.3 Å². The zero-order chi connectivity index (χ0) is 34.4. The van der Waals surface area contributed by atoms with E-state index in [2.05, 4.69) is 64.3 Å². The Morgan fingerprint density at radius 2 is 1.76 bits per heavy atom. The summed E-state index contributed by atoms with van der Waals surface area (Å²) in [6, 6.07) is 7.11. The van der Waals surface area contributed by atoms with Crippen molar-refractivity contribution in [3.8, 4) is 18.9 Å². The average molecular weight is 642 g/mol. The molecule has 2 heterocycles. The maximum atomic E-state index is 12.6. The highest BCUT2D eigenvalue weighted by Gasteiger charge is 2.24. The van der Waals surface area contributed by atoms with Gasteiger partial charge in [-0.15, -0.1) is 24.6 Å². The molecule has 250 valence electrons. The average Bonchev–Trinajstić information content (AvgIpc) is 3.67. The molecule has 2 aliphatic heterocycles. The van der Waals surface area contributed by atoms with Crippen molar-refractivity contribution in [3.05, 3.63) is 35.4 Å². The van der Waals surface area contributed by atoms with E-state index in [9.17, 15) is 14.4 Å². The molecule has 0 aliphatic carbocycles. The molecule has 1 unspecified atom stereocenters. The second-order valence-electron chi connectivity index (χ2n) is 11.4. The molecule has 0 spiro atoms. The number of terminal acetylenes is 1. The molecule has 3 rings (SSSR count). The minimum atomic E-state index is -0.529. The van der Waals surface area contributed by atoms with Crippen molar-refractivity contribution in [2.45, 2.75) is 72.5 Å². The molecule has 0 radical (unpaired) electrons. The van der Waals surface area contributed by atoms with Gasteiger partial charge in [0.1, 0.15) is 6.42 Å². The Kier molecular flexibility index (Phi) is 20.9. The van der Waals surface area contributed by atoms with Crippen LogP contribution in [0.1, 0.15) is 77.6 Å². The smallest absolute Gasteiger partial charge is 0.253 e. The molecule has 1 aromatic rings. The summed E-state index contributed by atoms with van der Waals surface area (Å²) in [6.07, 6.45) is 11.7. The summed E-state index contributed by atoms with van der Waals surface area (Å²) >= 11 is 1.93. The first-order valence-corrected chi connectivity index (χ1v) is 16.5. The Hall–Kier alpha value is -3.67. The molecular formula is C34H55N7O3S. The van der Waals surface area contributed by atoms with Crippen molar-refractivity contribution >= 4 is 40.9 Å². The van der Waals surface area contributed by atoms with Crippen LogP contribution in [-0.2, 0) is 9.59 Å². The van der Waals surface area contributed by atoms with Gasteiger partial charge in [-0.05, 0) is 64.4 Å². The van der Waals surface area contributed by atoms with Gasteiger partial charge >= 0.3 is 0 Å². The third kappa shape index (κ3) is 16.3. The first-order chi connectivity index (χ1) is 21.4. The number of anilines is 2. The molecule has 4 N–H and O–H groups in total. The fourth-order valence-corrected chi connectivity index (χ4v) is 5.40. The quantitative estimate of drug-likeness (QED) is 0.259. The van der Waals surface area contributed by atoms with E-state index in [4.69, 9.17) is 5.26 Å². The van der Waals surface area contributed by atoms with E-state index in [1.54, 1.807) is 25.2 Å². The Bertz CT molecular complexity index is 1130. The van der Waals surface area contributed by atoms with Gasteiger partial charge in [0.2, 0.25) is 11.8 Å². The standard InChI is InChI=1S/C19H30N4O2.C8H15NS.C5H8N2O.C2H2/c1-19(2,3)18(25)22-16-13-14(20-4)7-8-15(16)17(24)21-9-12-23-10-5-6-11-23;1-4-8-6-9(5-2)7(3)10-8;1-2-7-5(8)3-4-6;1-2/h7-8,13,20H,5-6,9-12H2,1-4H3,(H,21,24)(H,22,25);8H,3-6H2,1-2H3;2-3H2,1H3,(H,7,8);1-2H. The van der Waals surface area contributed by atoms with Crippen molar-refractivity contribution in [1.29, 1.82) is 5.26 Å². The normalized spacial score (nSPS) is 15.5. The minimum Gasteiger partial charge on any atom is -0.388 e. The zero-order valence-electron chi connectivity index (χ0n) is 28.4. The SMILES string of the molecule is C#C.C=C1SC(CC)CN1CC.CCNC(=O)CC#N.CNc1ccc(C(=O)NCCN2CCCC2)c(NC(=O)C(C)(C)C)c1. The van der Waals surface area contributed by atoms with Crippen molar-refractivity contribution in [3.63, 3.8) is 0 Å². The molecule has 11 heteroatoms. The van der Waals surface area contributed by atoms with Crippen LogP contribution in [0, 0.1) is 29.6 Å². The second kappa shape index (κ2) is 22.8. The van der Waals surface area contributed by atoms with E-state index in [1.807, 2.05) is 45.5 Å². The van der Waals surface area contributed by atoms with Gasteiger partial charge < -0.3 is 31.1 Å². The first kappa shape index (κ1) is 41.3. The van der Waals surface area contributed by atoms with Crippen molar-refractivity contribution in [2.75, 3.05) is 63.5 Å². The second-order valence-corrected chi connectivity index (χ2v) is 12.8. The third-order valence-corrected chi connectivity index (χ3v) is 8.27. The van der Waals surface area contributed by atoms with Gasteiger partial charge in [-0.2, -0.15) is 5.26 Å². The molecule has 2 fully saturated rings. The highest BCUT2D eigenvalue weighted by molar-refractivity contribution is 8.03. The van der Waals surface area contributed by atoms with Crippen molar-refractivity contribution < 1.29 is 14.4 Å². The molecule has 45 heavy (non-hydrogen) atoms. The number of nitrogens with one attached hydrogen (secondary N) is 4. The summed E-state index contributed by atoms with van der Waals surface area (Å²) in [5.41, 5.74) is 1.33. The number of likely N-dealkylation sites (tertiary alicyclic amines) is 1. The lowest BCUT2D eigenvalue weighted by molar-refractivity contribution is -0.123. The fourth-order valence-electron chi connectivity index (χ4n) is 4.24. The van der Waals surface area contributed by atoms with Gasteiger partial charge in [0, 0.05) is 56.1 Å². The van der Waals surface area contributed by atoms with Gasteiger partial charge in [0.15, 0.2) is 0 Å². The molecule has 0 bridgehead atoms. The number of nitrogens with zero attached hydrogens (tertiary/aromatic N) is 3. The molecule has 3 amide bonds. The molecule has 0 saturated carbocycles. The van der Waals surface area contributed by atoms with Crippen molar-refractivity contribution in [2.24, 2.45) is 5.41 Å². The van der Waals surface area contributed by atoms with Gasteiger partial charge in [0.25, 0.3) is 5.91 Å². The predicted octanol–water partition coefficient (Wildman–Crippen LogP) is 5.13. The Morgan fingerprint density at radius 3 is 2.22 bits per heavy atom. The molecule has 1 aromatic carbocycles. The molecule has 2 aliphatic rings. The van der Waals surface area contributed by atoms with Gasteiger partial charge in [-0.25, -0.2) is 0 Å². The van der Waals surface area contributed by atoms with E-state index in [-0.39, 0.29) is 24.1 Å². The van der Waals surface area contributed by atoms with Crippen LogP contribution in [0.3, 0.4) is 0 Å². The maximum Gasteiger partial charge on any atom is 0.253 e. The number of hydrogen-bond acceptors (Lipinski definition) is 8. The highest BCUT2D eigenvalue weighted by atomic mass is 32.2. The summed E-state index contributed by atoms with van der Waals surface area (Å²) in [6.45, 7) is 22.4. The number of hydrogen-bond donors (Lipinski definition) is 4. The number of carbonyl (C=O) groups is 3. The number of carbonyl (C=O) groups excluding carboxylic acids is 3. The van der Waals surface area contributed by atoms with Gasteiger partial charge in [0.05, 0.1) is 22.3 Å². The van der Waals surface area contributed by atoms with Crippen LogP contribution in [0.4, 0.5) is 11.4 Å². The lowest BCUT2D eigenvalue weighted by Gasteiger charge is -2.20. The maximum absolute atomic E-state index is 12.6. The largest absolute Gasteiger partial charge is 0.388 e. The van der Waals surface area contributed by atoms with E-state index in [0.29, 0.717) is 24.3 Å². The van der Waals surface area contributed by atoms with Crippen LogP contribution in [0.5, 0.6) is 0 Å². The summed E-state index contributed by atoms with van der Waals surface area (Å²) in [5, 5.41) is 21.4. The summed E-state index contributed by atoms with van der Waals surface area (Å²) in [4.78, 5) is 39.9. The van der Waals surface area contributed by atoms with E-state index < -0.39 is 5.41 Å². The number of thioether (sulfide) groups is 1. The lowest BCUT2D eigenvalue weighted by atomic mass is 9.95. The number of rotatable bonds is 10. The van der Waals surface area contributed by atoms with E-state index in [0.717, 1.165) is 37.1 Å². The number of nitriles is 1. The van der Waals surface area contributed by atoms with Crippen LogP contribution in [0.15, 0.2) is 29.8 Å². The van der Waals surface area contributed by atoms with Crippen LogP contribution < -0.4 is 21.3 Å². The predicted molar refractivity (Wildman–Crippen MR) is 189 cm³/mol. The summed E-state index contributed by atoms with van der Waals surface area (Å²) in [7, 11) is 1.81. The molecular weight excluding hydrogens is 586 g/mol. The fraction of sp³-hybridized carbons (Fsp3) is 0.588. The summed E-state index contributed by atoms with van der Waals surface area (Å²) < 4.78 is 0. The van der Waals surface area contributed by atoms with Crippen molar-refractivity contribution in [1.82, 2.24) is 20.4 Å². The lowest BCUT2D eigenvalue weighted by Crippen LogP contribution is -2.34. The summed E-state index contributed by atoms with van der Waals surface area (Å²) in [5.74, 6) is -0.479. The molecule has 10 nitrogen and oxygen atoms in total. The number of benzene rings is 1. The highest BCUT2D eigenvalue weighted by Crippen LogP contribution is 2.33. The van der Waals surface area contributed by atoms with E-state index in [1.165, 1.54) is 30.8 Å². The molecule has 1 atom stereocenters.